The van der Waals surface area contributed by atoms with Gasteiger partial charge in [0.05, 0.1) is 24.7 Å². The molecule has 7 nitrogen and oxygen atoms in total. The van der Waals surface area contributed by atoms with Gasteiger partial charge in [-0.25, -0.2) is 13.6 Å². The van der Waals surface area contributed by atoms with Gasteiger partial charge in [0.25, 0.3) is 0 Å². The molecule has 2 heterocycles. The summed E-state index contributed by atoms with van der Waals surface area (Å²) in [7, 11) is 0. The Morgan fingerprint density at radius 3 is 2.34 bits per heavy atom. The SMILES string of the molecule is CC(=O)N1[C@@H](Cc2cc(F)cc(F)c2)[C@@H]([C@H]2C[C@@H](O)CN2C(=O)OC(C)(C)C)OC1(C)C. The molecule has 0 saturated carbocycles. The number of likely N-dealkylation sites (tertiary alicyclic amines) is 1. The van der Waals surface area contributed by atoms with E-state index < -0.39 is 53.3 Å². The predicted octanol–water partition coefficient (Wildman–Crippen LogP) is 3.23. The average molecular weight is 455 g/mol. The number of nitrogens with zero attached hydrogens (tertiary/aromatic N) is 2. The molecule has 0 aromatic heterocycles. The molecule has 3 rings (SSSR count). The first-order valence-electron chi connectivity index (χ1n) is 10.8. The van der Waals surface area contributed by atoms with Crippen molar-refractivity contribution >= 4 is 12.0 Å². The first-order valence-corrected chi connectivity index (χ1v) is 10.8. The zero-order valence-corrected chi connectivity index (χ0v) is 19.4. The van der Waals surface area contributed by atoms with Crippen LogP contribution in [0.2, 0.25) is 0 Å². The number of halogens is 2. The van der Waals surface area contributed by atoms with Crippen LogP contribution < -0.4 is 0 Å². The molecule has 2 saturated heterocycles. The summed E-state index contributed by atoms with van der Waals surface area (Å²) in [6.07, 6.45) is -1.70. The van der Waals surface area contributed by atoms with Gasteiger partial charge >= 0.3 is 6.09 Å². The van der Waals surface area contributed by atoms with E-state index in [0.717, 1.165) is 6.07 Å². The molecule has 0 bridgehead atoms. The molecule has 2 fully saturated rings. The second-order valence-electron chi connectivity index (χ2n) is 10.1. The lowest BCUT2D eigenvalue weighted by molar-refractivity contribution is -0.145. The largest absolute Gasteiger partial charge is 0.444 e. The molecule has 9 heteroatoms. The summed E-state index contributed by atoms with van der Waals surface area (Å²) in [6, 6.07) is 2.05. The van der Waals surface area contributed by atoms with E-state index in [9.17, 15) is 23.5 Å². The lowest BCUT2D eigenvalue weighted by Gasteiger charge is -2.34. The van der Waals surface area contributed by atoms with Crippen LogP contribution in [0.1, 0.15) is 53.5 Å². The minimum atomic E-state index is -1.01. The number of hydrogen-bond donors (Lipinski definition) is 1. The number of aliphatic hydroxyl groups is 1. The highest BCUT2D eigenvalue weighted by Gasteiger charge is 2.55. The van der Waals surface area contributed by atoms with Crippen molar-refractivity contribution in [2.75, 3.05) is 6.54 Å². The third kappa shape index (κ3) is 5.20. The maximum atomic E-state index is 13.8. The Kier molecular flexibility index (Phi) is 6.55. The smallest absolute Gasteiger partial charge is 0.410 e. The monoisotopic (exact) mass is 454 g/mol. The third-order valence-electron chi connectivity index (χ3n) is 5.75. The highest BCUT2D eigenvalue weighted by molar-refractivity contribution is 5.75. The average Bonchev–Trinajstić information content (AvgIpc) is 3.09. The fraction of sp³-hybridized carbons (Fsp3) is 0.652. The number of rotatable bonds is 3. The first-order chi connectivity index (χ1) is 14.7. The Morgan fingerprint density at radius 1 is 1.22 bits per heavy atom. The van der Waals surface area contributed by atoms with Crippen LogP contribution in [0.4, 0.5) is 13.6 Å². The molecule has 32 heavy (non-hydrogen) atoms. The summed E-state index contributed by atoms with van der Waals surface area (Å²) in [5.74, 6) is -1.69. The number of benzene rings is 1. The van der Waals surface area contributed by atoms with Crippen molar-refractivity contribution in [1.82, 2.24) is 9.80 Å². The van der Waals surface area contributed by atoms with Crippen LogP contribution in [-0.2, 0) is 20.7 Å². The van der Waals surface area contributed by atoms with Gasteiger partial charge in [-0.1, -0.05) is 0 Å². The van der Waals surface area contributed by atoms with E-state index in [1.54, 1.807) is 39.5 Å². The van der Waals surface area contributed by atoms with E-state index in [2.05, 4.69) is 0 Å². The zero-order chi connectivity index (χ0) is 24.0. The Balaban J connectivity index is 1.97. The molecule has 0 aliphatic carbocycles. The minimum absolute atomic E-state index is 0.0707. The number of β-amino-alcohol motifs (C(OH)–C–C–N with tert-alkyl or cyclic N) is 1. The second-order valence-corrected chi connectivity index (χ2v) is 10.1. The fourth-order valence-electron chi connectivity index (χ4n) is 4.82. The van der Waals surface area contributed by atoms with Crippen LogP contribution in [-0.4, -0.2) is 69.1 Å². The van der Waals surface area contributed by atoms with Crippen LogP contribution >= 0.6 is 0 Å². The summed E-state index contributed by atoms with van der Waals surface area (Å²) in [6.45, 7) is 10.2. The second kappa shape index (κ2) is 8.59. The summed E-state index contributed by atoms with van der Waals surface area (Å²) in [5, 5.41) is 10.3. The molecule has 0 spiro atoms. The highest BCUT2D eigenvalue weighted by Crippen LogP contribution is 2.39. The summed E-state index contributed by atoms with van der Waals surface area (Å²) in [4.78, 5) is 28.4. The van der Waals surface area contributed by atoms with Gasteiger partial charge in [0, 0.05) is 13.0 Å². The lowest BCUT2D eigenvalue weighted by atomic mass is 9.94. The van der Waals surface area contributed by atoms with Crippen molar-refractivity contribution in [3.05, 3.63) is 35.4 Å². The molecule has 178 valence electrons. The minimum Gasteiger partial charge on any atom is -0.444 e. The van der Waals surface area contributed by atoms with Crippen LogP contribution in [0.3, 0.4) is 0 Å². The molecular formula is C23H32F2N2O5. The molecule has 1 aromatic rings. The molecule has 2 amide bonds. The number of carbonyl (C=O) groups is 2. The normalized spacial score (nSPS) is 27.7. The topological polar surface area (TPSA) is 79.3 Å². The molecule has 1 N–H and O–H groups in total. The van der Waals surface area contributed by atoms with Crippen LogP contribution in [0, 0.1) is 11.6 Å². The zero-order valence-electron chi connectivity index (χ0n) is 19.4. The van der Waals surface area contributed by atoms with Gasteiger partial charge in [0.1, 0.15) is 29.1 Å². The van der Waals surface area contributed by atoms with Crippen molar-refractivity contribution in [3.8, 4) is 0 Å². The Morgan fingerprint density at radius 2 is 1.81 bits per heavy atom. The van der Waals surface area contributed by atoms with E-state index in [1.165, 1.54) is 24.0 Å². The molecule has 1 aromatic carbocycles. The van der Waals surface area contributed by atoms with Gasteiger partial charge in [-0.3, -0.25) is 9.69 Å². The number of amides is 2. The molecule has 4 atom stereocenters. The molecule has 2 aliphatic heterocycles. The first kappa shape index (κ1) is 24.4. The van der Waals surface area contributed by atoms with Gasteiger partial charge in [0.2, 0.25) is 5.91 Å². The number of aliphatic hydroxyl groups excluding tert-OH is 1. The number of hydrogen-bond acceptors (Lipinski definition) is 5. The summed E-state index contributed by atoms with van der Waals surface area (Å²) >= 11 is 0. The van der Waals surface area contributed by atoms with E-state index in [0.29, 0.717) is 5.56 Å². The van der Waals surface area contributed by atoms with Crippen molar-refractivity contribution < 1.29 is 33.0 Å². The van der Waals surface area contributed by atoms with Gasteiger partial charge in [-0.05, 0) is 65.2 Å². The quantitative estimate of drug-likeness (QED) is 0.759. The van der Waals surface area contributed by atoms with E-state index in [1.807, 2.05) is 0 Å². The number of ether oxygens (including phenoxy) is 2. The Bertz CT molecular complexity index is 865. The van der Waals surface area contributed by atoms with Gasteiger partial charge in [-0.15, -0.1) is 0 Å². The van der Waals surface area contributed by atoms with Crippen molar-refractivity contribution in [2.24, 2.45) is 0 Å². The van der Waals surface area contributed by atoms with Gasteiger partial charge in [-0.2, -0.15) is 0 Å². The van der Waals surface area contributed by atoms with Crippen molar-refractivity contribution in [1.29, 1.82) is 0 Å². The van der Waals surface area contributed by atoms with Crippen LogP contribution in [0.5, 0.6) is 0 Å². The van der Waals surface area contributed by atoms with E-state index in [-0.39, 0.29) is 25.3 Å². The van der Waals surface area contributed by atoms with Crippen LogP contribution in [0.25, 0.3) is 0 Å². The van der Waals surface area contributed by atoms with Gasteiger partial charge in [0.15, 0.2) is 0 Å². The number of carbonyl (C=O) groups excluding carboxylic acids is 2. The van der Waals surface area contributed by atoms with Gasteiger partial charge < -0.3 is 19.5 Å². The summed E-state index contributed by atoms with van der Waals surface area (Å²) < 4.78 is 39.4. The maximum absolute atomic E-state index is 13.8. The summed E-state index contributed by atoms with van der Waals surface area (Å²) in [5.41, 5.74) is -1.37. The Hall–Kier alpha value is -2.26. The van der Waals surface area contributed by atoms with E-state index >= 15 is 0 Å². The fourth-order valence-corrected chi connectivity index (χ4v) is 4.82. The highest BCUT2D eigenvalue weighted by atomic mass is 19.1. The molecule has 2 aliphatic rings. The molecular weight excluding hydrogens is 422 g/mol. The predicted molar refractivity (Wildman–Crippen MR) is 113 cm³/mol. The molecule has 0 unspecified atom stereocenters. The third-order valence-corrected chi connectivity index (χ3v) is 5.75. The van der Waals surface area contributed by atoms with Crippen molar-refractivity contribution in [3.63, 3.8) is 0 Å². The molecule has 0 radical (unpaired) electrons. The Labute approximate surface area is 187 Å². The maximum Gasteiger partial charge on any atom is 0.410 e. The standard InChI is InChI=1S/C23H32F2N2O5/c1-13(28)27-19(9-14-7-15(24)10-16(25)8-14)20(31-23(27,5)6)18-11-17(29)12-26(18)21(30)32-22(2,3)4/h7-8,10,17-20,29H,9,11-12H2,1-6H3/t17-,18-,19+,20-/m1/s1. The van der Waals surface area contributed by atoms with Crippen molar-refractivity contribution in [2.45, 2.75) is 90.0 Å². The van der Waals surface area contributed by atoms with Crippen LogP contribution in [0.15, 0.2) is 18.2 Å². The lowest BCUT2D eigenvalue weighted by Crippen LogP contribution is -2.52. The van der Waals surface area contributed by atoms with E-state index in [4.69, 9.17) is 9.47 Å².